The van der Waals surface area contributed by atoms with Crippen molar-refractivity contribution in [2.24, 2.45) is 12.2 Å². The van der Waals surface area contributed by atoms with Gasteiger partial charge in [0.2, 0.25) is 10.0 Å². The lowest BCUT2D eigenvalue weighted by Gasteiger charge is -2.15. The van der Waals surface area contributed by atoms with Crippen molar-refractivity contribution in [3.8, 4) is 0 Å². The molecule has 2 amide bonds. The molecule has 0 aliphatic carbocycles. The standard InChI is InChI=1S/C14H19N5O3S/c1-9-8-13(19(3)18-9)17-14(20)16-10(2)11-4-6-12(7-5-11)23(15,21)22/h4-8,10H,1-3H3,(H2,15,21,22)(H2,16,17,20)/t10-/m1/s1. The van der Waals surface area contributed by atoms with Crippen molar-refractivity contribution < 1.29 is 13.2 Å². The maximum Gasteiger partial charge on any atom is 0.320 e. The Kier molecular flexibility index (Phi) is 4.71. The Balaban J connectivity index is 2.02. The molecule has 124 valence electrons. The van der Waals surface area contributed by atoms with Crippen molar-refractivity contribution in [1.82, 2.24) is 15.1 Å². The van der Waals surface area contributed by atoms with Crippen LogP contribution < -0.4 is 15.8 Å². The van der Waals surface area contributed by atoms with Crippen LogP contribution in [-0.4, -0.2) is 24.2 Å². The summed E-state index contributed by atoms with van der Waals surface area (Å²) in [5.41, 5.74) is 1.56. The summed E-state index contributed by atoms with van der Waals surface area (Å²) in [5.74, 6) is 0.580. The van der Waals surface area contributed by atoms with Crippen molar-refractivity contribution in [2.75, 3.05) is 5.32 Å². The van der Waals surface area contributed by atoms with Crippen molar-refractivity contribution in [2.45, 2.75) is 24.8 Å². The Bertz CT molecular complexity index is 811. The average molecular weight is 337 g/mol. The molecule has 0 spiro atoms. The number of primary sulfonamides is 1. The normalized spacial score (nSPS) is 12.7. The third-order valence-electron chi connectivity index (χ3n) is 3.30. The number of sulfonamides is 1. The van der Waals surface area contributed by atoms with Crippen LogP contribution in [0.3, 0.4) is 0 Å². The minimum atomic E-state index is -3.72. The van der Waals surface area contributed by atoms with Gasteiger partial charge < -0.3 is 5.32 Å². The number of carbonyl (C=O) groups is 1. The van der Waals surface area contributed by atoms with Crippen LogP contribution >= 0.6 is 0 Å². The first-order chi connectivity index (χ1) is 10.7. The highest BCUT2D eigenvalue weighted by Crippen LogP contribution is 2.16. The molecule has 9 heteroatoms. The van der Waals surface area contributed by atoms with Crippen LogP contribution in [0, 0.1) is 6.92 Å². The van der Waals surface area contributed by atoms with Gasteiger partial charge in [-0.3, -0.25) is 10.00 Å². The maximum absolute atomic E-state index is 12.0. The fraction of sp³-hybridized carbons (Fsp3) is 0.286. The molecule has 0 saturated heterocycles. The van der Waals surface area contributed by atoms with E-state index in [2.05, 4.69) is 15.7 Å². The van der Waals surface area contributed by atoms with E-state index < -0.39 is 10.0 Å². The molecule has 1 heterocycles. The summed E-state index contributed by atoms with van der Waals surface area (Å²) >= 11 is 0. The number of anilines is 1. The van der Waals surface area contributed by atoms with Gasteiger partial charge in [-0.2, -0.15) is 5.10 Å². The van der Waals surface area contributed by atoms with E-state index >= 15 is 0 Å². The predicted molar refractivity (Wildman–Crippen MR) is 86.3 cm³/mol. The van der Waals surface area contributed by atoms with Gasteiger partial charge in [-0.1, -0.05) is 12.1 Å². The van der Waals surface area contributed by atoms with Gasteiger partial charge in [0, 0.05) is 13.1 Å². The molecule has 4 N–H and O–H groups in total. The molecule has 2 rings (SSSR count). The lowest BCUT2D eigenvalue weighted by molar-refractivity contribution is 0.249. The Hall–Kier alpha value is -2.39. The minimum Gasteiger partial charge on any atom is -0.331 e. The molecule has 0 radical (unpaired) electrons. The number of hydrogen-bond donors (Lipinski definition) is 3. The molecule has 1 aromatic carbocycles. The number of aromatic nitrogens is 2. The average Bonchev–Trinajstić information content (AvgIpc) is 2.75. The van der Waals surface area contributed by atoms with E-state index in [4.69, 9.17) is 5.14 Å². The Morgan fingerprint density at radius 2 is 1.91 bits per heavy atom. The number of rotatable bonds is 4. The zero-order chi connectivity index (χ0) is 17.2. The van der Waals surface area contributed by atoms with Gasteiger partial charge >= 0.3 is 6.03 Å². The SMILES string of the molecule is Cc1cc(NC(=O)N[C@H](C)c2ccc(S(N)(=O)=O)cc2)n(C)n1. The van der Waals surface area contributed by atoms with E-state index in [0.29, 0.717) is 5.82 Å². The molecule has 0 saturated carbocycles. The van der Waals surface area contributed by atoms with Gasteiger partial charge in [0.1, 0.15) is 5.82 Å². The zero-order valence-corrected chi connectivity index (χ0v) is 13.9. The van der Waals surface area contributed by atoms with Crippen molar-refractivity contribution in [3.05, 3.63) is 41.6 Å². The van der Waals surface area contributed by atoms with Gasteiger partial charge in [0.15, 0.2) is 0 Å². The van der Waals surface area contributed by atoms with E-state index in [-0.39, 0.29) is 17.0 Å². The largest absolute Gasteiger partial charge is 0.331 e. The van der Waals surface area contributed by atoms with Crippen LogP contribution in [0.1, 0.15) is 24.2 Å². The topological polar surface area (TPSA) is 119 Å². The Morgan fingerprint density at radius 1 is 1.30 bits per heavy atom. The number of nitrogens with one attached hydrogen (secondary N) is 2. The van der Waals surface area contributed by atoms with Crippen molar-refractivity contribution in [3.63, 3.8) is 0 Å². The molecule has 0 bridgehead atoms. The van der Waals surface area contributed by atoms with E-state index in [9.17, 15) is 13.2 Å². The molecule has 0 fully saturated rings. The molecule has 0 unspecified atom stereocenters. The van der Waals surface area contributed by atoms with Gasteiger partial charge in [0.05, 0.1) is 16.6 Å². The summed E-state index contributed by atoms with van der Waals surface area (Å²) in [6.45, 7) is 3.62. The fourth-order valence-electron chi connectivity index (χ4n) is 2.11. The molecule has 1 atom stereocenters. The summed E-state index contributed by atoms with van der Waals surface area (Å²) in [4.78, 5) is 12.0. The van der Waals surface area contributed by atoms with Crippen LogP contribution in [0.2, 0.25) is 0 Å². The van der Waals surface area contributed by atoms with E-state index in [0.717, 1.165) is 11.3 Å². The number of nitrogens with zero attached hydrogens (tertiary/aromatic N) is 2. The molecule has 2 aromatic rings. The number of amides is 2. The molecular formula is C14H19N5O3S. The molecule has 23 heavy (non-hydrogen) atoms. The lowest BCUT2D eigenvalue weighted by atomic mass is 10.1. The third-order valence-corrected chi connectivity index (χ3v) is 4.23. The minimum absolute atomic E-state index is 0.0308. The zero-order valence-electron chi connectivity index (χ0n) is 13.1. The lowest BCUT2D eigenvalue weighted by Crippen LogP contribution is -2.31. The van der Waals surface area contributed by atoms with Crippen LogP contribution in [0.4, 0.5) is 10.6 Å². The molecule has 1 aromatic heterocycles. The molecule has 0 aliphatic heterocycles. The number of urea groups is 1. The number of nitrogens with two attached hydrogens (primary N) is 1. The first-order valence-electron chi connectivity index (χ1n) is 6.88. The summed E-state index contributed by atoms with van der Waals surface area (Å²) < 4.78 is 24.0. The fourth-order valence-corrected chi connectivity index (χ4v) is 2.62. The predicted octanol–water partition coefficient (Wildman–Crippen LogP) is 1.26. The molecule has 8 nitrogen and oxygen atoms in total. The summed E-state index contributed by atoms with van der Waals surface area (Å²) in [6, 6.07) is 7.11. The van der Waals surface area contributed by atoms with Crippen molar-refractivity contribution in [1.29, 1.82) is 0 Å². The smallest absolute Gasteiger partial charge is 0.320 e. The first kappa shape index (κ1) is 17.0. The van der Waals surface area contributed by atoms with E-state index in [1.807, 2.05) is 6.92 Å². The highest BCUT2D eigenvalue weighted by atomic mass is 32.2. The summed E-state index contributed by atoms with van der Waals surface area (Å²) in [6.07, 6.45) is 0. The number of benzene rings is 1. The first-order valence-corrected chi connectivity index (χ1v) is 8.42. The maximum atomic E-state index is 12.0. The monoisotopic (exact) mass is 337 g/mol. The second-order valence-corrected chi connectivity index (χ2v) is 6.79. The second-order valence-electron chi connectivity index (χ2n) is 5.23. The Labute approximate surface area is 134 Å². The van der Waals surface area contributed by atoms with Crippen LogP contribution in [0.15, 0.2) is 35.2 Å². The van der Waals surface area contributed by atoms with Gasteiger partial charge in [-0.15, -0.1) is 0 Å². The van der Waals surface area contributed by atoms with Crippen molar-refractivity contribution >= 4 is 21.9 Å². The van der Waals surface area contributed by atoms with E-state index in [1.54, 1.807) is 36.9 Å². The van der Waals surface area contributed by atoms with Crippen LogP contribution in [0.5, 0.6) is 0 Å². The second kappa shape index (κ2) is 6.39. The number of hydrogen-bond acceptors (Lipinski definition) is 4. The van der Waals surface area contributed by atoms with Gasteiger partial charge in [-0.25, -0.2) is 18.4 Å². The highest BCUT2D eigenvalue weighted by molar-refractivity contribution is 7.89. The molecule has 0 aliphatic rings. The number of carbonyl (C=O) groups excluding carboxylic acids is 1. The van der Waals surface area contributed by atoms with E-state index in [1.165, 1.54) is 12.1 Å². The van der Waals surface area contributed by atoms with Gasteiger partial charge in [0.25, 0.3) is 0 Å². The quantitative estimate of drug-likeness (QED) is 0.778. The summed E-state index contributed by atoms with van der Waals surface area (Å²) in [5, 5.41) is 14.7. The van der Waals surface area contributed by atoms with Crippen LogP contribution in [0.25, 0.3) is 0 Å². The third kappa shape index (κ3) is 4.30. The Morgan fingerprint density at radius 3 is 2.39 bits per heavy atom. The van der Waals surface area contributed by atoms with Crippen LogP contribution in [-0.2, 0) is 17.1 Å². The summed E-state index contributed by atoms with van der Waals surface area (Å²) in [7, 11) is -1.99. The molecular weight excluding hydrogens is 318 g/mol. The van der Waals surface area contributed by atoms with Gasteiger partial charge in [-0.05, 0) is 31.5 Å². The highest BCUT2D eigenvalue weighted by Gasteiger charge is 2.13. The number of aryl methyl sites for hydroxylation is 2.